The fourth-order valence-corrected chi connectivity index (χ4v) is 3.99. The first-order valence-corrected chi connectivity index (χ1v) is 9.01. The minimum absolute atomic E-state index is 0.0459. The Balaban J connectivity index is 2.20. The normalized spacial score (nSPS) is 11.6. The molecule has 0 spiro atoms. The van der Waals surface area contributed by atoms with Crippen molar-refractivity contribution in [3.05, 3.63) is 52.3 Å². The monoisotopic (exact) mass is 379 g/mol. The van der Waals surface area contributed by atoms with Crippen LogP contribution in [0.4, 0.5) is 5.82 Å². The average molecular weight is 380 g/mol. The third kappa shape index (κ3) is 3.03. The molecule has 0 bridgehead atoms. The fourth-order valence-electron chi connectivity index (χ4n) is 2.46. The van der Waals surface area contributed by atoms with Crippen LogP contribution in [0.5, 0.6) is 0 Å². The van der Waals surface area contributed by atoms with Crippen molar-refractivity contribution in [2.75, 3.05) is 4.72 Å². The van der Waals surface area contributed by atoms with E-state index in [2.05, 4.69) is 14.8 Å². The summed E-state index contributed by atoms with van der Waals surface area (Å²) in [6.45, 7) is 3.50. The van der Waals surface area contributed by atoms with Crippen molar-refractivity contribution in [2.45, 2.75) is 18.7 Å². The molecule has 0 radical (unpaired) electrons. The van der Waals surface area contributed by atoms with Gasteiger partial charge in [-0.1, -0.05) is 23.7 Å². The van der Waals surface area contributed by atoms with Crippen molar-refractivity contribution >= 4 is 39.0 Å². The van der Waals surface area contributed by atoms with Gasteiger partial charge in [0, 0.05) is 11.4 Å². The molecule has 8 nitrogen and oxygen atoms in total. The van der Waals surface area contributed by atoms with Crippen LogP contribution in [-0.4, -0.2) is 28.9 Å². The number of amides is 1. The highest BCUT2D eigenvalue weighted by Crippen LogP contribution is 2.26. The van der Waals surface area contributed by atoms with Gasteiger partial charge < -0.3 is 5.73 Å². The lowest BCUT2D eigenvalue weighted by Gasteiger charge is -2.07. The van der Waals surface area contributed by atoms with Gasteiger partial charge in [-0.05, 0) is 32.0 Å². The first-order valence-electron chi connectivity index (χ1n) is 7.15. The van der Waals surface area contributed by atoms with Crippen molar-refractivity contribution in [3.8, 4) is 0 Å². The third-order valence-corrected chi connectivity index (χ3v) is 5.34. The van der Waals surface area contributed by atoms with E-state index in [-0.39, 0.29) is 26.9 Å². The average Bonchev–Trinajstić information content (AvgIpc) is 2.85. The largest absolute Gasteiger partial charge is 0.365 e. The van der Waals surface area contributed by atoms with E-state index in [1.807, 2.05) is 0 Å². The molecule has 0 saturated heterocycles. The van der Waals surface area contributed by atoms with Crippen molar-refractivity contribution in [2.24, 2.45) is 5.73 Å². The van der Waals surface area contributed by atoms with Gasteiger partial charge in [0.05, 0.1) is 5.02 Å². The number of carbonyl (C=O) groups is 1. The number of primary amides is 1. The minimum Gasteiger partial charge on any atom is -0.365 e. The van der Waals surface area contributed by atoms with E-state index in [4.69, 9.17) is 17.3 Å². The Bertz CT molecular complexity index is 1110. The van der Waals surface area contributed by atoms with Gasteiger partial charge in [-0.15, -0.1) is 5.10 Å². The van der Waals surface area contributed by atoms with E-state index in [9.17, 15) is 13.2 Å². The zero-order chi connectivity index (χ0) is 18.4. The van der Waals surface area contributed by atoms with Crippen molar-refractivity contribution in [3.63, 3.8) is 0 Å². The Morgan fingerprint density at radius 1 is 1.28 bits per heavy atom. The van der Waals surface area contributed by atoms with E-state index >= 15 is 0 Å². The van der Waals surface area contributed by atoms with Gasteiger partial charge >= 0.3 is 0 Å². The molecule has 0 unspecified atom stereocenters. The van der Waals surface area contributed by atoms with Crippen LogP contribution in [-0.2, 0) is 10.0 Å². The molecule has 130 valence electrons. The first-order chi connectivity index (χ1) is 11.7. The maximum Gasteiger partial charge on any atom is 0.264 e. The molecule has 1 aromatic carbocycles. The van der Waals surface area contributed by atoms with Gasteiger partial charge in [-0.2, -0.15) is 0 Å². The number of anilines is 1. The van der Waals surface area contributed by atoms with E-state index < -0.39 is 15.9 Å². The number of hydrogen-bond donors (Lipinski definition) is 2. The second-order valence-electron chi connectivity index (χ2n) is 5.40. The van der Waals surface area contributed by atoms with Gasteiger partial charge in [0.15, 0.2) is 11.5 Å². The van der Waals surface area contributed by atoms with E-state index in [0.717, 1.165) is 0 Å². The second-order valence-corrected chi connectivity index (χ2v) is 7.46. The summed E-state index contributed by atoms with van der Waals surface area (Å²) in [7, 11) is -4.06. The number of hydrogen-bond acceptors (Lipinski definition) is 5. The summed E-state index contributed by atoms with van der Waals surface area (Å²) in [5.74, 6) is -1.04. The topological polar surface area (TPSA) is 119 Å². The van der Waals surface area contributed by atoms with Crippen LogP contribution in [0.3, 0.4) is 0 Å². The maximum atomic E-state index is 12.6. The maximum absolute atomic E-state index is 12.6. The van der Waals surface area contributed by atoms with Crippen molar-refractivity contribution in [1.29, 1.82) is 0 Å². The van der Waals surface area contributed by atoms with Gasteiger partial charge in [-0.3, -0.25) is 9.52 Å². The Morgan fingerprint density at radius 2 is 1.96 bits per heavy atom. The summed E-state index contributed by atoms with van der Waals surface area (Å²) in [5, 5.41) is 4.18. The second kappa shape index (κ2) is 6.01. The number of rotatable bonds is 4. The van der Waals surface area contributed by atoms with E-state index in [1.54, 1.807) is 26.0 Å². The fraction of sp³-hybridized carbons (Fsp3) is 0.133. The molecule has 0 aliphatic carbocycles. The quantitative estimate of drug-likeness (QED) is 0.717. The van der Waals surface area contributed by atoms with Crippen LogP contribution in [0.15, 0.2) is 35.2 Å². The molecule has 0 fully saturated rings. The molecule has 2 heterocycles. The van der Waals surface area contributed by atoms with Crippen molar-refractivity contribution < 1.29 is 13.2 Å². The number of benzene rings is 1. The molecule has 3 rings (SSSR count). The number of nitrogens with two attached hydrogens (primary N) is 1. The number of carbonyl (C=O) groups excluding carboxylic acids is 1. The number of fused-ring (bicyclic) bond motifs is 1. The standard InChI is InChI=1S/C15H14ClN5O3S/c1-8-7-9(2)21-15(18-8)12(13(17)22)14(19-21)20-25(23,24)11-6-4-3-5-10(11)16/h3-7H,1-2H3,(H2,17,22)(H,19,20). The van der Waals surface area contributed by atoms with Crippen molar-refractivity contribution in [1.82, 2.24) is 14.6 Å². The summed E-state index contributed by atoms with van der Waals surface area (Å²) >= 11 is 5.95. The number of aryl methyl sites for hydroxylation is 2. The smallest absolute Gasteiger partial charge is 0.264 e. The summed E-state index contributed by atoms with van der Waals surface area (Å²) in [4.78, 5) is 16.0. The van der Waals surface area contributed by atoms with Gasteiger partial charge in [0.2, 0.25) is 0 Å². The zero-order valence-electron chi connectivity index (χ0n) is 13.3. The molecule has 0 saturated carbocycles. The summed E-state index contributed by atoms with van der Waals surface area (Å²) in [6, 6.07) is 7.68. The lowest BCUT2D eigenvalue weighted by Crippen LogP contribution is -2.18. The highest BCUT2D eigenvalue weighted by molar-refractivity contribution is 7.92. The highest BCUT2D eigenvalue weighted by atomic mass is 35.5. The molecule has 0 aliphatic heterocycles. The molecule has 0 aliphatic rings. The molecule has 3 N–H and O–H groups in total. The first kappa shape index (κ1) is 17.2. The Hall–Kier alpha value is -2.65. The van der Waals surface area contributed by atoms with E-state index in [0.29, 0.717) is 11.4 Å². The molecule has 10 heteroatoms. The lowest BCUT2D eigenvalue weighted by atomic mass is 10.3. The molecule has 1 amide bonds. The SMILES string of the molecule is Cc1cc(C)n2nc(NS(=O)(=O)c3ccccc3Cl)c(C(N)=O)c2n1. The van der Waals surface area contributed by atoms with Crippen LogP contribution in [0.25, 0.3) is 5.65 Å². The number of halogens is 1. The molecule has 25 heavy (non-hydrogen) atoms. The number of nitrogens with zero attached hydrogens (tertiary/aromatic N) is 3. The molecule has 0 atom stereocenters. The van der Waals surface area contributed by atoms with Crippen LogP contribution < -0.4 is 10.5 Å². The Morgan fingerprint density at radius 3 is 2.60 bits per heavy atom. The number of nitrogens with one attached hydrogen (secondary N) is 1. The summed E-state index contributed by atoms with van der Waals surface area (Å²) in [5.41, 5.74) is 6.81. The van der Waals surface area contributed by atoms with Crippen LogP contribution in [0.2, 0.25) is 5.02 Å². The van der Waals surface area contributed by atoms with Gasteiger partial charge in [0.1, 0.15) is 10.5 Å². The van der Waals surface area contributed by atoms with Crippen LogP contribution in [0, 0.1) is 13.8 Å². The third-order valence-electron chi connectivity index (χ3n) is 3.50. The predicted octanol–water partition coefficient (Wildman–Crippen LogP) is 1.90. The molecular formula is C15H14ClN5O3S. The van der Waals surface area contributed by atoms with Crippen LogP contribution in [0.1, 0.15) is 21.7 Å². The molecule has 3 aromatic rings. The zero-order valence-corrected chi connectivity index (χ0v) is 14.9. The number of sulfonamides is 1. The highest BCUT2D eigenvalue weighted by Gasteiger charge is 2.26. The lowest BCUT2D eigenvalue weighted by molar-refractivity contribution is 0.100. The van der Waals surface area contributed by atoms with Gasteiger partial charge in [0.25, 0.3) is 15.9 Å². The Kier molecular flexibility index (Phi) is 4.13. The molecular weight excluding hydrogens is 366 g/mol. The number of aromatic nitrogens is 3. The predicted molar refractivity (Wildman–Crippen MR) is 93.2 cm³/mol. The van der Waals surface area contributed by atoms with Gasteiger partial charge in [-0.25, -0.2) is 17.9 Å². The van der Waals surface area contributed by atoms with E-state index in [1.165, 1.54) is 22.7 Å². The minimum atomic E-state index is -4.06. The summed E-state index contributed by atoms with van der Waals surface area (Å²) < 4.78 is 28.9. The summed E-state index contributed by atoms with van der Waals surface area (Å²) in [6.07, 6.45) is 0. The Labute approximate surface area is 148 Å². The van der Waals surface area contributed by atoms with Crippen LogP contribution >= 0.6 is 11.6 Å². The molecule has 2 aromatic heterocycles.